The molecule has 1 aliphatic heterocycles. The van der Waals surface area contributed by atoms with E-state index < -0.39 is 0 Å². The van der Waals surface area contributed by atoms with Gasteiger partial charge in [0.05, 0.1) is 12.8 Å². The van der Waals surface area contributed by atoms with E-state index >= 15 is 0 Å². The van der Waals surface area contributed by atoms with Crippen LogP contribution in [0.5, 0.6) is 0 Å². The summed E-state index contributed by atoms with van der Waals surface area (Å²) in [6.45, 7) is 2.15. The number of nitrogens with one attached hydrogen (secondary N) is 2. The highest BCUT2D eigenvalue weighted by Crippen LogP contribution is 2.21. The third-order valence-corrected chi connectivity index (χ3v) is 4.50. The van der Waals surface area contributed by atoms with Crippen LogP contribution in [0.2, 0.25) is 0 Å². The molecule has 0 atom stereocenters. The Morgan fingerprint density at radius 2 is 1.77 bits per heavy atom. The normalized spacial score (nSPS) is 14.1. The topological polar surface area (TPSA) is 74.6 Å². The second kappa shape index (κ2) is 9.08. The van der Waals surface area contributed by atoms with Crippen molar-refractivity contribution in [3.05, 3.63) is 48.4 Å². The Morgan fingerprint density at radius 1 is 1.00 bits per heavy atom. The van der Waals surface area contributed by atoms with E-state index in [1.54, 1.807) is 12.3 Å². The third-order valence-electron chi connectivity index (χ3n) is 4.50. The van der Waals surface area contributed by atoms with Crippen LogP contribution in [0, 0.1) is 0 Å². The van der Waals surface area contributed by atoms with Crippen molar-refractivity contribution in [2.24, 2.45) is 0 Å². The zero-order valence-corrected chi connectivity index (χ0v) is 14.9. The van der Waals surface area contributed by atoms with Gasteiger partial charge in [-0.05, 0) is 55.7 Å². The first kappa shape index (κ1) is 18.0. The molecule has 2 N–H and O–H groups in total. The first-order valence-electron chi connectivity index (χ1n) is 9.15. The zero-order valence-electron chi connectivity index (χ0n) is 14.9. The van der Waals surface area contributed by atoms with Gasteiger partial charge in [0.1, 0.15) is 5.76 Å². The van der Waals surface area contributed by atoms with Gasteiger partial charge in [-0.3, -0.25) is 9.59 Å². The minimum absolute atomic E-state index is 0.0368. The highest BCUT2D eigenvalue weighted by atomic mass is 16.3. The van der Waals surface area contributed by atoms with Gasteiger partial charge in [-0.1, -0.05) is 0 Å². The number of anilines is 2. The summed E-state index contributed by atoms with van der Waals surface area (Å²) in [5.74, 6) is 0.359. The highest BCUT2D eigenvalue weighted by Gasteiger charge is 2.11. The molecule has 0 aliphatic carbocycles. The molecule has 1 aliphatic rings. The molecule has 0 unspecified atom stereocenters. The highest BCUT2D eigenvalue weighted by molar-refractivity contribution is 5.94. The molecule has 1 aromatic heterocycles. The van der Waals surface area contributed by atoms with Gasteiger partial charge in [-0.15, -0.1) is 0 Å². The summed E-state index contributed by atoms with van der Waals surface area (Å²) in [5.41, 5.74) is 1.93. The van der Waals surface area contributed by atoms with E-state index in [1.807, 2.05) is 30.3 Å². The van der Waals surface area contributed by atoms with E-state index in [1.165, 1.54) is 24.9 Å². The van der Waals surface area contributed by atoms with E-state index in [0.717, 1.165) is 24.5 Å². The SMILES string of the molecule is O=C(CCc1ccco1)NCC(=O)Nc1ccc(N2CCCCC2)cc1. The maximum absolute atomic E-state index is 12.0. The molecule has 0 bridgehead atoms. The van der Waals surface area contributed by atoms with E-state index in [9.17, 15) is 9.59 Å². The Morgan fingerprint density at radius 3 is 2.46 bits per heavy atom. The third kappa shape index (κ3) is 5.37. The number of aryl methyl sites for hydroxylation is 1. The number of amides is 2. The summed E-state index contributed by atoms with van der Waals surface area (Å²) in [6.07, 6.45) is 6.18. The van der Waals surface area contributed by atoms with E-state index in [-0.39, 0.29) is 18.4 Å². The molecule has 1 aromatic carbocycles. The number of carbonyl (C=O) groups excluding carboxylic acids is 2. The molecule has 3 rings (SSSR count). The number of furan rings is 1. The van der Waals surface area contributed by atoms with Crippen molar-refractivity contribution >= 4 is 23.2 Å². The van der Waals surface area contributed by atoms with Crippen LogP contribution in [-0.2, 0) is 16.0 Å². The Bertz CT molecular complexity index is 704. The summed E-state index contributed by atoms with van der Waals surface area (Å²) >= 11 is 0. The number of carbonyl (C=O) groups is 2. The molecule has 1 fully saturated rings. The van der Waals surface area contributed by atoms with Crippen molar-refractivity contribution in [3.63, 3.8) is 0 Å². The minimum Gasteiger partial charge on any atom is -0.469 e. The van der Waals surface area contributed by atoms with Gasteiger partial charge in [0.2, 0.25) is 11.8 Å². The molecular weight excluding hydrogens is 330 g/mol. The molecular formula is C20H25N3O3. The van der Waals surface area contributed by atoms with Gasteiger partial charge in [0, 0.05) is 37.3 Å². The predicted octanol–water partition coefficient (Wildman–Crippen LogP) is 2.96. The van der Waals surface area contributed by atoms with E-state index in [4.69, 9.17) is 4.42 Å². The summed E-state index contributed by atoms with van der Waals surface area (Å²) in [7, 11) is 0. The van der Waals surface area contributed by atoms with Crippen LogP contribution in [0.4, 0.5) is 11.4 Å². The fraction of sp³-hybridized carbons (Fsp3) is 0.400. The summed E-state index contributed by atoms with van der Waals surface area (Å²) in [5, 5.41) is 5.43. The lowest BCUT2D eigenvalue weighted by Crippen LogP contribution is -2.33. The van der Waals surface area contributed by atoms with Crippen molar-refractivity contribution in [2.75, 3.05) is 29.9 Å². The molecule has 6 heteroatoms. The first-order chi connectivity index (χ1) is 12.7. The summed E-state index contributed by atoms with van der Waals surface area (Å²) in [6, 6.07) is 11.5. The second-order valence-corrected chi connectivity index (χ2v) is 6.50. The molecule has 2 amide bonds. The smallest absolute Gasteiger partial charge is 0.243 e. The fourth-order valence-corrected chi connectivity index (χ4v) is 3.07. The van der Waals surface area contributed by atoms with Gasteiger partial charge in [0.25, 0.3) is 0 Å². The fourth-order valence-electron chi connectivity index (χ4n) is 3.07. The van der Waals surface area contributed by atoms with Crippen molar-refractivity contribution in [2.45, 2.75) is 32.1 Å². The van der Waals surface area contributed by atoms with E-state index in [2.05, 4.69) is 15.5 Å². The summed E-state index contributed by atoms with van der Waals surface area (Å²) in [4.78, 5) is 26.1. The molecule has 1 saturated heterocycles. The summed E-state index contributed by atoms with van der Waals surface area (Å²) < 4.78 is 5.18. The average Bonchev–Trinajstić information content (AvgIpc) is 3.20. The molecule has 2 aromatic rings. The van der Waals surface area contributed by atoms with Crippen molar-refractivity contribution < 1.29 is 14.0 Å². The zero-order chi connectivity index (χ0) is 18.2. The van der Waals surface area contributed by atoms with Gasteiger partial charge in [-0.2, -0.15) is 0 Å². The largest absolute Gasteiger partial charge is 0.469 e. The molecule has 2 heterocycles. The molecule has 0 saturated carbocycles. The quantitative estimate of drug-likeness (QED) is 0.801. The van der Waals surface area contributed by atoms with Crippen LogP contribution in [-0.4, -0.2) is 31.4 Å². The number of piperidine rings is 1. The van der Waals surface area contributed by atoms with Crippen molar-refractivity contribution in [1.29, 1.82) is 0 Å². The van der Waals surface area contributed by atoms with Gasteiger partial charge in [-0.25, -0.2) is 0 Å². The lowest BCUT2D eigenvalue weighted by Gasteiger charge is -2.28. The lowest BCUT2D eigenvalue weighted by atomic mass is 10.1. The number of nitrogens with zero attached hydrogens (tertiary/aromatic N) is 1. The second-order valence-electron chi connectivity index (χ2n) is 6.50. The molecule has 0 radical (unpaired) electrons. The van der Waals surface area contributed by atoms with Crippen LogP contribution in [0.25, 0.3) is 0 Å². The standard InChI is InChI=1S/C20H25N3O3/c24-19(11-10-18-5-4-14-26-18)21-15-20(25)22-16-6-8-17(9-7-16)23-12-2-1-3-13-23/h4-9,14H,1-3,10-13,15H2,(H,21,24)(H,22,25). The average molecular weight is 355 g/mol. The molecule has 138 valence electrons. The first-order valence-corrected chi connectivity index (χ1v) is 9.15. The van der Waals surface area contributed by atoms with Crippen molar-refractivity contribution in [3.8, 4) is 0 Å². The van der Waals surface area contributed by atoms with Crippen LogP contribution in [0.1, 0.15) is 31.4 Å². The Hall–Kier alpha value is -2.76. The number of benzene rings is 1. The van der Waals surface area contributed by atoms with Crippen molar-refractivity contribution in [1.82, 2.24) is 5.32 Å². The number of rotatable bonds is 7. The maximum atomic E-state index is 12.0. The number of hydrogen-bond donors (Lipinski definition) is 2. The van der Waals surface area contributed by atoms with E-state index in [0.29, 0.717) is 12.8 Å². The predicted molar refractivity (Wildman–Crippen MR) is 101 cm³/mol. The monoisotopic (exact) mass is 355 g/mol. The maximum Gasteiger partial charge on any atom is 0.243 e. The number of hydrogen-bond acceptors (Lipinski definition) is 4. The lowest BCUT2D eigenvalue weighted by molar-refractivity contribution is -0.124. The van der Waals surface area contributed by atoms with Crippen LogP contribution in [0.3, 0.4) is 0 Å². The van der Waals surface area contributed by atoms with Crippen LogP contribution < -0.4 is 15.5 Å². The van der Waals surface area contributed by atoms with Gasteiger partial charge < -0.3 is 20.0 Å². The Kier molecular flexibility index (Phi) is 6.30. The molecule has 6 nitrogen and oxygen atoms in total. The minimum atomic E-state index is -0.234. The van der Waals surface area contributed by atoms with Crippen LogP contribution >= 0.6 is 0 Å². The Labute approximate surface area is 153 Å². The van der Waals surface area contributed by atoms with Gasteiger partial charge in [0.15, 0.2) is 0 Å². The van der Waals surface area contributed by atoms with Crippen LogP contribution in [0.15, 0.2) is 47.1 Å². The molecule has 26 heavy (non-hydrogen) atoms. The van der Waals surface area contributed by atoms with Gasteiger partial charge >= 0.3 is 0 Å². The Balaban J connectivity index is 1.39. The molecule has 0 spiro atoms.